The zero-order valence-electron chi connectivity index (χ0n) is 19.8. The first-order valence-corrected chi connectivity index (χ1v) is 12.9. The number of nitrogens with zero attached hydrogens (tertiary/aromatic N) is 3. The molecule has 0 spiro atoms. The van der Waals surface area contributed by atoms with Crippen molar-refractivity contribution < 1.29 is 17.6 Å². The van der Waals surface area contributed by atoms with Gasteiger partial charge >= 0.3 is 0 Å². The maximum Gasteiger partial charge on any atom is 0.299 e. The molecule has 0 amide bonds. The fourth-order valence-electron chi connectivity index (χ4n) is 3.40. The summed E-state index contributed by atoms with van der Waals surface area (Å²) in [6.45, 7) is 4.49. The topological polar surface area (TPSA) is 119 Å². The summed E-state index contributed by atoms with van der Waals surface area (Å²) in [5, 5.41) is 6.22. The lowest BCUT2D eigenvalue weighted by molar-refractivity contribution is 0.416. The number of methoxy groups -OCH3 is 1. The third-order valence-electron chi connectivity index (χ3n) is 5.29. The van der Waals surface area contributed by atoms with Crippen molar-refractivity contribution >= 4 is 27.5 Å². The summed E-state index contributed by atoms with van der Waals surface area (Å²) in [7, 11) is -1.87. The summed E-state index contributed by atoms with van der Waals surface area (Å²) < 4.78 is 35.9. The maximum absolute atomic E-state index is 12.3. The van der Waals surface area contributed by atoms with Crippen LogP contribution in [0, 0.1) is 0 Å². The number of hydrogen-bond donors (Lipinski definition) is 2. The van der Waals surface area contributed by atoms with Crippen LogP contribution in [0.1, 0.15) is 20.3 Å². The van der Waals surface area contributed by atoms with Gasteiger partial charge in [-0.05, 0) is 36.8 Å². The van der Waals surface area contributed by atoms with Crippen molar-refractivity contribution in [3.05, 3.63) is 60.9 Å². The number of oxazole rings is 1. The van der Waals surface area contributed by atoms with E-state index in [-0.39, 0.29) is 16.7 Å². The zero-order chi connectivity index (χ0) is 24.8. The van der Waals surface area contributed by atoms with Gasteiger partial charge in [0.25, 0.3) is 6.01 Å². The Hall–Kier alpha value is -3.92. The van der Waals surface area contributed by atoms with Gasteiger partial charge in [-0.3, -0.25) is 0 Å². The van der Waals surface area contributed by atoms with E-state index < -0.39 is 9.84 Å². The van der Waals surface area contributed by atoms with Crippen molar-refractivity contribution in [2.24, 2.45) is 0 Å². The van der Waals surface area contributed by atoms with E-state index in [0.29, 0.717) is 23.1 Å². The van der Waals surface area contributed by atoms with Crippen LogP contribution in [-0.2, 0) is 9.84 Å². The van der Waals surface area contributed by atoms with Gasteiger partial charge in [-0.1, -0.05) is 32.0 Å². The number of benzene rings is 2. The number of rotatable bonds is 10. The molecule has 9 nitrogen and oxygen atoms in total. The molecule has 0 bridgehead atoms. The predicted octanol–water partition coefficient (Wildman–Crippen LogP) is 5.17. The molecule has 2 aromatic carbocycles. The molecule has 0 saturated carbocycles. The second-order valence-electron chi connectivity index (χ2n) is 7.69. The lowest BCUT2D eigenvalue weighted by atomic mass is 10.1. The highest BCUT2D eigenvalue weighted by molar-refractivity contribution is 7.91. The number of ether oxygens (including phenoxy) is 1. The highest BCUT2D eigenvalue weighted by atomic mass is 32.2. The summed E-state index contributed by atoms with van der Waals surface area (Å²) in [5.41, 5.74) is 2.96. The Kier molecular flexibility index (Phi) is 7.31. The molecule has 35 heavy (non-hydrogen) atoms. The first kappa shape index (κ1) is 24.2. The summed E-state index contributed by atoms with van der Waals surface area (Å²) in [5.74, 6) is 1.60. The molecule has 0 radical (unpaired) electrons. The van der Waals surface area contributed by atoms with Crippen molar-refractivity contribution in [1.29, 1.82) is 0 Å². The van der Waals surface area contributed by atoms with Crippen LogP contribution in [0.2, 0.25) is 0 Å². The minimum Gasteiger partial charge on any atom is -0.495 e. The van der Waals surface area contributed by atoms with Gasteiger partial charge in [-0.25, -0.2) is 23.4 Å². The van der Waals surface area contributed by atoms with E-state index in [1.807, 2.05) is 30.3 Å². The van der Waals surface area contributed by atoms with Gasteiger partial charge < -0.3 is 19.8 Å². The number of anilines is 3. The monoisotopic (exact) mass is 493 g/mol. The standard InChI is InChI=1S/C25H27N5O4S/c1-4-12-26-24-27-13-11-20(29-24)17-7-6-8-18(14-17)23-16-28-25(34-23)30-21-15-19(35(31,32)5-2)9-10-22(21)33-3/h6-11,13-16H,4-5,12H2,1-3H3,(H,28,30)(H,26,27,29). The van der Waals surface area contributed by atoms with Gasteiger partial charge in [0.15, 0.2) is 15.6 Å². The first-order valence-electron chi connectivity index (χ1n) is 11.2. The maximum atomic E-state index is 12.3. The molecule has 10 heteroatoms. The summed E-state index contributed by atoms with van der Waals surface area (Å²) in [4.78, 5) is 13.3. The molecular weight excluding hydrogens is 466 g/mol. The van der Waals surface area contributed by atoms with Gasteiger partial charge in [0.05, 0.1) is 35.3 Å². The molecule has 0 aliphatic heterocycles. The van der Waals surface area contributed by atoms with E-state index in [0.717, 1.165) is 29.8 Å². The van der Waals surface area contributed by atoms with Gasteiger partial charge in [0.2, 0.25) is 5.95 Å². The van der Waals surface area contributed by atoms with Crippen molar-refractivity contribution in [3.8, 4) is 28.3 Å². The Morgan fingerprint density at radius 3 is 2.63 bits per heavy atom. The van der Waals surface area contributed by atoms with Crippen LogP contribution in [-0.4, -0.2) is 42.8 Å². The molecule has 2 N–H and O–H groups in total. The van der Waals surface area contributed by atoms with Crippen LogP contribution in [0.25, 0.3) is 22.6 Å². The highest BCUT2D eigenvalue weighted by Gasteiger charge is 2.16. The molecular formula is C25H27N5O4S. The molecule has 0 atom stereocenters. The molecule has 0 aliphatic carbocycles. The minimum atomic E-state index is -3.38. The van der Waals surface area contributed by atoms with Gasteiger partial charge in [0.1, 0.15) is 5.75 Å². The van der Waals surface area contributed by atoms with E-state index in [2.05, 4.69) is 32.5 Å². The Bertz CT molecular complexity index is 1420. The van der Waals surface area contributed by atoms with E-state index in [9.17, 15) is 8.42 Å². The molecule has 2 aromatic heterocycles. The van der Waals surface area contributed by atoms with Gasteiger partial charge in [0, 0.05) is 23.9 Å². The number of nitrogens with one attached hydrogen (secondary N) is 2. The van der Waals surface area contributed by atoms with Gasteiger partial charge in [-0.2, -0.15) is 0 Å². The van der Waals surface area contributed by atoms with Gasteiger partial charge in [-0.15, -0.1) is 0 Å². The van der Waals surface area contributed by atoms with Crippen LogP contribution in [0.4, 0.5) is 17.7 Å². The number of hydrogen-bond acceptors (Lipinski definition) is 9. The second-order valence-corrected chi connectivity index (χ2v) is 9.97. The molecule has 4 aromatic rings. The normalized spacial score (nSPS) is 11.3. The Balaban J connectivity index is 1.59. The summed E-state index contributed by atoms with van der Waals surface area (Å²) in [6.07, 6.45) is 4.31. The average Bonchev–Trinajstić information content (AvgIpc) is 3.36. The second kappa shape index (κ2) is 10.6. The Morgan fingerprint density at radius 2 is 1.86 bits per heavy atom. The number of sulfone groups is 1. The molecule has 2 heterocycles. The quantitative estimate of drug-likeness (QED) is 0.308. The fourth-order valence-corrected chi connectivity index (χ4v) is 4.30. The first-order chi connectivity index (χ1) is 16.9. The largest absolute Gasteiger partial charge is 0.495 e. The van der Waals surface area contributed by atoms with Crippen LogP contribution in [0.3, 0.4) is 0 Å². The average molecular weight is 494 g/mol. The lowest BCUT2D eigenvalue weighted by Gasteiger charge is -2.11. The highest BCUT2D eigenvalue weighted by Crippen LogP contribution is 2.32. The zero-order valence-corrected chi connectivity index (χ0v) is 20.6. The predicted molar refractivity (Wildman–Crippen MR) is 136 cm³/mol. The van der Waals surface area contributed by atoms with Crippen molar-refractivity contribution in [1.82, 2.24) is 15.0 Å². The van der Waals surface area contributed by atoms with E-state index >= 15 is 0 Å². The Labute approximate surface area is 204 Å². The van der Waals surface area contributed by atoms with Crippen molar-refractivity contribution in [3.63, 3.8) is 0 Å². The van der Waals surface area contributed by atoms with Crippen molar-refractivity contribution in [2.75, 3.05) is 30.0 Å². The molecule has 182 valence electrons. The molecule has 0 fully saturated rings. The molecule has 0 aliphatic rings. The smallest absolute Gasteiger partial charge is 0.299 e. The minimum absolute atomic E-state index is 0.000747. The Morgan fingerprint density at radius 1 is 1.03 bits per heavy atom. The van der Waals surface area contributed by atoms with E-state index in [1.54, 1.807) is 25.4 Å². The van der Waals surface area contributed by atoms with Crippen molar-refractivity contribution in [2.45, 2.75) is 25.2 Å². The third-order valence-corrected chi connectivity index (χ3v) is 7.02. The van der Waals surface area contributed by atoms with Crippen LogP contribution < -0.4 is 15.4 Å². The fraction of sp³-hybridized carbons (Fsp3) is 0.240. The number of aromatic nitrogens is 3. The summed E-state index contributed by atoms with van der Waals surface area (Å²) in [6, 6.07) is 14.5. The lowest BCUT2D eigenvalue weighted by Crippen LogP contribution is -2.05. The molecule has 4 rings (SSSR count). The summed E-state index contributed by atoms with van der Waals surface area (Å²) >= 11 is 0. The molecule has 0 unspecified atom stereocenters. The van der Waals surface area contributed by atoms with Crippen LogP contribution >= 0.6 is 0 Å². The van der Waals surface area contributed by atoms with Crippen LogP contribution in [0.15, 0.2) is 70.2 Å². The SMILES string of the molecule is CCCNc1nccc(-c2cccc(-c3cnc(Nc4cc(S(=O)(=O)CC)ccc4OC)o3)c2)n1. The third kappa shape index (κ3) is 5.60. The van der Waals surface area contributed by atoms with Crippen LogP contribution in [0.5, 0.6) is 5.75 Å². The van der Waals surface area contributed by atoms with E-state index in [1.165, 1.54) is 19.2 Å². The molecule has 0 saturated heterocycles. The van der Waals surface area contributed by atoms with E-state index in [4.69, 9.17) is 9.15 Å².